The second-order valence-corrected chi connectivity index (χ2v) is 10.2. The van der Waals surface area contributed by atoms with E-state index in [1.807, 2.05) is 41.0 Å². The van der Waals surface area contributed by atoms with Crippen molar-refractivity contribution in [1.29, 1.82) is 0 Å². The Kier molecular flexibility index (Phi) is 8.79. The number of aromatic hydroxyl groups is 1. The summed E-state index contributed by atoms with van der Waals surface area (Å²) in [5, 5.41) is 25.0. The lowest BCUT2D eigenvalue weighted by Gasteiger charge is -2.09. The number of hydrogen-bond donors (Lipinski definition) is 2. The van der Waals surface area contributed by atoms with E-state index < -0.39 is 0 Å². The lowest BCUT2D eigenvalue weighted by atomic mass is 10.1. The summed E-state index contributed by atoms with van der Waals surface area (Å²) in [5.74, 6) is 1.27. The van der Waals surface area contributed by atoms with Crippen molar-refractivity contribution in [1.82, 2.24) is 20.2 Å². The Morgan fingerprint density at radius 1 is 1.14 bits per heavy atom. The second-order valence-electron chi connectivity index (χ2n) is 7.51. The van der Waals surface area contributed by atoms with Crippen LogP contribution in [0, 0.1) is 0 Å². The minimum absolute atomic E-state index is 0.0956. The van der Waals surface area contributed by atoms with Gasteiger partial charge in [0.05, 0.1) is 20.9 Å². The lowest BCUT2D eigenvalue weighted by Crippen LogP contribution is -2.20. The predicted molar refractivity (Wildman–Crippen MR) is 148 cm³/mol. The van der Waals surface area contributed by atoms with Gasteiger partial charge in [-0.15, -0.1) is 16.8 Å². The van der Waals surface area contributed by atoms with Gasteiger partial charge in [-0.3, -0.25) is 9.36 Å². The molecule has 184 valence electrons. The summed E-state index contributed by atoms with van der Waals surface area (Å²) in [7, 11) is 0. The van der Waals surface area contributed by atoms with Gasteiger partial charge in [0, 0.05) is 6.54 Å². The summed E-state index contributed by atoms with van der Waals surface area (Å²) >= 11 is 7.76. The molecule has 1 heterocycles. The number of ether oxygens (including phenoxy) is 1. The van der Waals surface area contributed by atoms with Crippen LogP contribution in [0.25, 0.3) is 10.8 Å². The van der Waals surface area contributed by atoms with Crippen molar-refractivity contribution in [3.05, 3.63) is 87.6 Å². The molecule has 0 aliphatic carbocycles. The van der Waals surface area contributed by atoms with E-state index in [0.29, 0.717) is 32.0 Å². The molecule has 4 rings (SSSR count). The van der Waals surface area contributed by atoms with Crippen molar-refractivity contribution in [2.45, 2.75) is 18.3 Å². The molecule has 0 atom stereocenters. The summed E-state index contributed by atoms with van der Waals surface area (Å²) in [6.07, 6.45) is 3.23. The van der Waals surface area contributed by atoms with Gasteiger partial charge >= 0.3 is 0 Å². The van der Waals surface area contributed by atoms with Crippen molar-refractivity contribution < 1.29 is 14.6 Å². The molecule has 1 aromatic heterocycles. The van der Waals surface area contributed by atoms with Crippen LogP contribution in [0.5, 0.6) is 11.5 Å². The monoisotopic (exact) mass is 629 g/mol. The average molecular weight is 631 g/mol. The number of benzene rings is 3. The molecule has 1 amide bonds. The Bertz CT molecular complexity index is 1420. The Morgan fingerprint density at radius 2 is 1.89 bits per heavy atom. The van der Waals surface area contributed by atoms with Crippen LogP contribution in [-0.2, 0) is 17.9 Å². The third-order valence-corrected chi connectivity index (χ3v) is 7.14. The van der Waals surface area contributed by atoms with Crippen LogP contribution in [0.2, 0.25) is 0 Å². The van der Waals surface area contributed by atoms with Crippen molar-refractivity contribution in [3.63, 3.8) is 0 Å². The molecule has 0 saturated carbocycles. The Balaban J connectivity index is 1.34. The molecule has 0 bridgehead atoms. The molecule has 0 spiro atoms. The second kappa shape index (κ2) is 12.2. The van der Waals surface area contributed by atoms with Crippen LogP contribution in [0.4, 0.5) is 0 Å². The zero-order chi connectivity index (χ0) is 25.5. The Morgan fingerprint density at radius 3 is 2.64 bits per heavy atom. The van der Waals surface area contributed by atoms with Crippen LogP contribution in [0.1, 0.15) is 11.4 Å². The summed E-state index contributed by atoms with van der Waals surface area (Å²) in [6, 6.07) is 17.4. The smallest absolute Gasteiger partial charge is 0.250 e. The fourth-order valence-corrected chi connectivity index (χ4v) is 5.23. The standard InChI is InChI=1S/C25H21Br2N5O3S/c1-2-9-32-22(14-35-19-8-7-17-5-3-4-6-18(17)12-19)29-31-25(32)36-15-23(33)30-28-13-16-10-20(26)24(34)21(27)11-16/h2-8,10-13,34H,1,9,14-15H2,(H,30,33). The van der Waals surface area contributed by atoms with Gasteiger partial charge in [0.2, 0.25) is 0 Å². The maximum Gasteiger partial charge on any atom is 0.250 e. The van der Waals surface area contributed by atoms with Gasteiger partial charge in [-0.1, -0.05) is 48.2 Å². The van der Waals surface area contributed by atoms with E-state index >= 15 is 0 Å². The summed E-state index contributed by atoms with van der Waals surface area (Å²) in [4.78, 5) is 12.3. The first-order valence-electron chi connectivity index (χ1n) is 10.7. The lowest BCUT2D eigenvalue weighted by molar-refractivity contribution is -0.118. The molecule has 0 unspecified atom stereocenters. The highest BCUT2D eigenvalue weighted by Crippen LogP contribution is 2.32. The number of allylic oxidation sites excluding steroid dienone is 1. The molecule has 0 radical (unpaired) electrons. The summed E-state index contributed by atoms with van der Waals surface area (Å²) in [5.41, 5.74) is 3.18. The van der Waals surface area contributed by atoms with Crippen LogP contribution in [-0.4, -0.2) is 37.7 Å². The highest BCUT2D eigenvalue weighted by atomic mass is 79.9. The molecule has 0 saturated heterocycles. The highest BCUT2D eigenvalue weighted by Gasteiger charge is 2.14. The number of thioether (sulfide) groups is 1. The molecule has 3 aromatic carbocycles. The number of halogens is 2. The van der Waals surface area contributed by atoms with Crippen LogP contribution >= 0.6 is 43.6 Å². The number of phenols is 1. The summed E-state index contributed by atoms with van der Waals surface area (Å²) in [6.45, 7) is 4.52. The van der Waals surface area contributed by atoms with E-state index in [1.54, 1.807) is 18.2 Å². The number of hydrazone groups is 1. The van der Waals surface area contributed by atoms with E-state index in [0.717, 1.165) is 16.5 Å². The molecule has 0 aliphatic heterocycles. The molecule has 8 nitrogen and oxygen atoms in total. The number of fused-ring (bicyclic) bond motifs is 1. The molecule has 2 N–H and O–H groups in total. The fourth-order valence-electron chi connectivity index (χ4n) is 3.25. The van der Waals surface area contributed by atoms with E-state index in [4.69, 9.17) is 4.74 Å². The molecule has 4 aromatic rings. The molecule has 0 fully saturated rings. The first-order valence-corrected chi connectivity index (χ1v) is 13.3. The number of rotatable bonds is 10. The zero-order valence-corrected chi connectivity index (χ0v) is 22.9. The number of carbonyl (C=O) groups excluding carboxylic acids is 1. The van der Waals surface area contributed by atoms with Gasteiger partial charge in [-0.25, -0.2) is 5.43 Å². The van der Waals surface area contributed by atoms with Crippen LogP contribution < -0.4 is 10.2 Å². The van der Waals surface area contributed by atoms with Crippen LogP contribution in [0.15, 0.2) is 86.5 Å². The number of nitrogens with one attached hydrogen (secondary N) is 1. The number of phenolic OH excluding ortho intramolecular Hbond substituents is 1. The third-order valence-electron chi connectivity index (χ3n) is 4.97. The number of aromatic nitrogens is 3. The molecule has 0 aliphatic rings. The molecule has 11 heteroatoms. The quantitative estimate of drug-likeness (QED) is 0.101. The van der Waals surface area contributed by atoms with E-state index in [9.17, 15) is 9.90 Å². The van der Waals surface area contributed by atoms with Gasteiger partial charge in [-0.05, 0) is 72.5 Å². The molecular weight excluding hydrogens is 610 g/mol. The van der Waals surface area contributed by atoms with E-state index in [1.165, 1.54) is 18.0 Å². The largest absolute Gasteiger partial charge is 0.506 e. The minimum atomic E-state index is -0.296. The Labute approximate surface area is 228 Å². The number of hydrogen-bond acceptors (Lipinski definition) is 7. The van der Waals surface area contributed by atoms with Crippen molar-refractivity contribution in [2.75, 3.05) is 5.75 Å². The SMILES string of the molecule is C=CCn1c(COc2ccc3ccccc3c2)nnc1SCC(=O)NN=Cc1cc(Br)c(O)c(Br)c1. The highest BCUT2D eigenvalue weighted by molar-refractivity contribution is 9.11. The van der Waals surface area contributed by atoms with Crippen molar-refractivity contribution >= 4 is 66.5 Å². The van der Waals surface area contributed by atoms with Gasteiger partial charge in [0.1, 0.15) is 18.1 Å². The number of carbonyl (C=O) groups is 1. The predicted octanol–water partition coefficient (Wildman–Crippen LogP) is 5.67. The van der Waals surface area contributed by atoms with Gasteiger partial charge in [-0.2, -0.15) is 5.10 Å². The van der Waals surface area contributed by atoms with Gasteiger partial charge in [0.25, 0.3) is 5.91 Å². The maximum atomic E-state index is 12.3. The van der Waals surface area contributed by atoms with Gasteiger partial charge < -0.3 is 9.84 Å². The average Bonchev–Trinajstić information content (AvgIpc) is 3.26. The topological polar surface area (TPSA) is 102 Å². The van der Waals surface area contributed by atoms with E-state index in [2.05, 4.69) is 65.2 Å². The first-order chi connectivity index (χ1) is 17.4. The summed E-state index contributed by atoms with van der Waals surface area (Å²) < 4.78 is 8.85. The number of amides is 1. The van der Waals surface area contributed by atoms with E-state index in [-0.39, 0.29) is 24.0 Å². The zero-order valence-electron chi connectivity index (χ0n) is 18.9. The molecular formula is C25H21Br2N5O3S. The Hall–Kier alpha value is -3.15. The van der Waals surface area contributed by atoms with Crippen LogP contribution in [0.3, 0.4) is 0 Å². The van der Waals surface area contributed by atoms with Gasteiger partial charge in [0.15, 0.2) is 11.0 Å². The first kappa shape index (κ1) is 25.9. The fraction of sp³-hybridized carbons (Fsp3) is 0.120. The third kappa shape index (κ3) is 6.54. The number of nitrogens with zero attached hydrogens (tertiary/aromatic N) is 4. The van der Waals surface area contributed by atoms with Crippen molar-refractivity contribution in [2.24, 2.45) is 5.10 Å². The van der Waals surface area contributed by atoms with Crippen molar-refractivity contribution in [3.8, 4) is 11.5 Å². The maximum absolute atomic E-state index is 12.3. The minimum Gasteiger partial charge on any atom is -0.506 e. The molecule has 36 heavy (non-hydrogen) atoms. The normalized spacial score (nSPS) is 11.2.